The maximum absolute atomic E-state index is 12.0. The largest absolute Gasteiger partial charge is 0.329 e. The second-order valence-electron chi connectivity index (χ2n) is 3.71. The molecular formula is C13H13ClN2OS. The predicted octanol–water partition coefficient (Wildman–Crippen LogP) is 3.53. The third-order valence-electron chi connectivity index (χ3n) is 2.47. The minimum atomic E-state index is 0.0341. The Morgan fingerprint density at radius 3 is 3.06 bits per heavy atom. The van der Waals surface area contributed by atoms with E-state index < -0.39 is 0 Å². The van der Waals surface area contributed by atoms with E-state index in [0.717, 1.165) is 11.4 Å². The maximum atomic E-state index is 12.0. The zero-order valence-electron chi connectivity index (χ0n) is 9.97. The fourth-order valence-corrected chi connectivity index (χ4v) is 2.65. The normalized spacial score (nSPS) is 10.6. The van der Waals surface area contributed by atoms with Gasteiger partial charge in [-0.15, -0.1) is 11.8 Å². The van der Waals surface area contributed by atoms with E-state index in [2.05, 4.69) is 4.98 Å². The first-order valence-electron chi connectivity index (χ1n) is 5.63. The zero-order chi connectivity index (χ0) is 13.0. The Morgan fingerprint density at radius 2 is 2.33 bits per heavy atom. The third-order valence-corrected chi connectivity index (χ3v) is 3.70. The number of hydrogen-bond acceptors (Lipinski definition) is 3. The standard InChI is InChI=1S/C13H13ClN2OS/c1-2-16-7-6-15-13(16)12(17)9-18-11-5-3-4-10(14)8-11/h3-8H,2,9H2,1H3. The molecule has 0 atom stereocenters. The van der Waals surface area contributed by atoms with Crippen LogP contribution < -0.4 is 0 Å². The summed E-state index contributed by atoms with van der Waals surface area (Å²) in [4.78, 5) is 17.1. The van der Waals surface area contributed by atoms with Gasteiger partial charge in [-0.25, -0.2) is 4.98 Å². The van der Waals surface area contributed by atoms with E-state index in [4.69, 9.17) is 11.6 Å². The van der Waals surface area contributed by atoms with Crippen molar-refractivity contribution < 1.29 is 4.79 Å². The Bertz CT molecular complexity index is 553. The van der Waals surface area contributed by atoms with Crippen molar-refractivity contribution in [2.75, 3.05) is 5.75 Å². The lowest BCUT2D eigenvalue weighted by Gasteiger charge is -2.04. The molecule has 2 aromatic rings. The molecule has 0 fully saturated rings. The van der Waals surface area contributed by atoms with Gasteiger partial charge in [-0.3, -0.25) is 4.79 Å². The third kappa shape index (κ3) is 3.15. The number of hydrogen-bond donors (Lipinski definition) is 0. The number of halogens is 1. The Hall–Kier alpha value is -1.26. The number of rotatable bonds is 5. The van der Waals surface area contributed by atoms with Crippen LogP contribution in [0.15, 0.2) is 41.6 Å². The van der Waals surface area contributed by atoms with Gasteiger partial charge in [-0.2, -0.15) is 0 Å². The molecule has 0 saturated heterocycles. The lowest BCUT2D eigenvalue weighted by molar-refractivity contribution is 0.100. The summed E-state index contributed by atoms with van der Waals surface area (Å²) < 4.78 is 1.85. The number of nitrogens with zero attached hydrogens (tertiary/aromatic N) is 2. The van der Waals surface area contributed by atoms with Crippen LogP contribution >= 0.6 is 23.4 Å². The van der Waals surface area contributed by atoms with E-state index in [0.29, 0.717) is 16.6 Å². The van der Waals surface area contributed by atoms with Crippen LogP contribution in [0.2, 0.25) is 5.02 Å². The average Bonchev–Trinajstić information content (AvgIpc) is 2.84. The van der Waals surface area contributed by atoms with Crippen LogP contribution in [0.1, 0.15) is 17.5 Å². The first-order chi connectivity index (χ1) is 8.70. The highest BCUT2D eigenvalue weighted by molar-refractivity contribution is 8.00. The summed E-state index contributed by atoms with van der Waals surface area (Å²) in [6.07, 6.45) is 3.47. The Morgan fingerprint density at radius 1 is 1.50 bits per heavy atom. The quantitative estimate of drug-likeness (QED) is 0.621. The topological polar surface area (TPSA) is 34.9 Å². The summed E-state index contributed by atoms with van der Waals surface area (Å²) in [5, 5.41) is 0.683. The summed E-state index contributed by atoms with van der Waals surface area (Å²) in [6, 6.07) is 7.49. The molecule has 0 aliphatic carbocycles. The molecule has 0 aliphatic rings. The van der Waals surface area contributed by atoms with Crippen LogP contribution in [0.5, 0.6) is 0 Å². The van der Waals surface area contributed by atoms with Gasteiger partial charge in [-0.05, 0) is 25.1 Å². The fourth-order valence-electron chi connectivity index (χ4n) is 1.59. The molecule has 0 unspecified atom stereocenters. The van der Waals surface area contributed by atoms with Crippen LogP contribution in [0.25, 0.3) is 0 Å². The van der Waals surface area contributed by atoms with Gasteiger partial charge < -0.3 is 4.57 Å². The molecule has 3 nitrogen and oxygen atoms in total. The molecule has 1 heterocycles. The summed E-state index contributed by atoms with van der Waals surface area (Å²) in [6.45, 7) is 2.74. The van der Waals surface area contributed by atoms with Gasteiger partial charge in [0.15, 0.2) is 5.82 Å². The molecule has 94 valence electrons. The van der Waals surface area contributed by atoms with Gasteiger partial charge in [0, 0.05) is 28.9 Å². The Kier molecular flexibility index (Phi) is 4.44. The SMILES string of the molecule is CCn1ccnc1C(=O)CSc1cccc(Cl)c1. The first kappa shape index (κ1) is 13.2. The van der Waals surface area contributed by atoms with Gasteiger partial charge in [-0.1, -0.05) is 17.7 Å². The molecule has 0 spiro atoms. The van der Waals surface area contributed by atoms with Crippen molar-refractivity contribution in [2.45, 2.75) is 18.4 Å². The zero-order valence-corrected chi connectivity index (χ0v) is 11.5. The lowest BCUT2D eigenvalue weighted by atomic mass is 10.4. The molecule has 0 bridgehead atoms. The molecule has 2 rings (SSSR count). The summed E-state index contributed by atoms with van der Waals surface area (Å²) >= 11 is 7.37. The van der Waals surface area contributed by atoms with Crippen molar-refractivity contribution in [1.82, 2.24) is 9.55 Å². The van der Waals surface area contributed by atoms with Crippen LogP contribution in [-0.4, -0.2) is 21.1 Å². The number of imidazole rings is 1. The maximum Gasteiger partial charge on any atom is 0.208 e. The summed E-state index contributed by atoms with van der Waals surface area (Å²) in [7, 11) is 0. The molecule has 0 radical (unpaired) electrons. The van der Waals surface area contributed by atoms with Gasteiger partial charge >= 0.3 is 0 Å². The van der Waals surface area contributed by atoms with Crippen molar-refractivity contribution in [2.24, 2.45) is 0 Å². The molecule has 5 heteroatoms. The highest BCUT2D eigenvalue weighted by atomic mass is 35.5. The molecule has 0 saturated carbocycles. The summed E-state index contributed by atoms with van der Waals surface area (Å²) in [5.74, 6) is 0.927. The van der Waals surface area contributed by atoms with E-state index in [9.17, 15) is 4.79 Å². The monoisotopic (exact) mass is 280 g/mol. The average molecular weight is 281 g/mol. The first-order valence-corrected chi connectivity index (χ1v) is 6.99. The predicted molar refractivity (Wildman–Crippen MR) is 74.4 cm³/mol. The Balaban J connectivity index is 2.00. The van der Waals surface area contributed by atoms with Crippen molar-refractivity contribution in [3.8, 4) is 0 Å². The smallest absolute Gasteiger partial charge is 0.208 e. The number of thioether (sulfide) groups is 1. The molecular weight excluding hydrogens is 268 g/mol. The molecule has 0 amide bonds. The Labute approximate surface area is 115 Å². The number of Topliss-reactive ketones (excluding diaryl/α,β-unsaturated/α-hetero) is 1. The number of carbonyl (C=O) groups excluding carboxylic acids is 1. The van der Waals surface area contributed by atoms with Gasteiger partial charge in [0.1, 0.15) is 0 Å². The van der Waals surface area contributed by atoms with Crippen LogP contribution in [0, 0.1) is 0 Å². The molecule has 1 aromatic carbocycles. The van der Waals surface area contributed by atoms with Crippen LogP contribution in [0.4, 0.5) is 0 Å². The van der Waals surface area contributed by atoms with Crippen LogP contribution in [0.3, 0.4) is 0 Å². The van der Waals surface area contributed by atoms with E-state index in [1.807, 2.05) is 42.0 Å². The minimum Gasteiger partial charge on any atom is -0.329 e. The minimum absolute atomic E-state index is 0.0341. The number of benzene rings is 1. The van der Waals surface area contributed by atoms with Crippen molar-refractivity contribution in [1.29, 1.82) is 0 Å². The second kappa shape index (κ2) is 6.07. The van der Waals surface area contributed by atoms with E-state index >= 15 is 0 Å². The highest BCUT2D eigenvalue weighted by Crippen LogP contribution is 2.22. The van der Waals surface area contributed by atoms with Crippen molar-refractivity contribution in [3.05, 3.63) is 47.5 Å². The second-order valence-corrected chi connectivity index (χ2v) is 5.19. The molecule has 18 heavy (non-hydrogen) atoms. The summed E-state index contributed by atoms with van der Waals surface area (Å²) in [5.41, 5.74) is 0. The molecule has 0 N–H and O–H groups in total. The van der Waals surface area contributed by atoms with Crippen LogP contribution in [-0.2, 0) is 6.54 Å². The number of aromatic nitrogens is 2. The molecule has 0 aliphatic heterocycles. The van der Waals surface area contributed by atoms with Gasteiger partial charge in [0.05, 0.1) is 5.75 Å². The van der Waals surface area contributed by atoms with Gasteiger partial charge in [0.2, 0.25) is 5.78 Å². The van der Waals surface area contributed by atoms with E-state index in [1.165, 1.54) is 11.8 Å². The van der Waals surface area contributed by atoms with Crippen molar-refractivity contribution in [3.63, 3.8) is 0 Å². The highest BCUT2D eigenvalue weighted by Gasteiger charge is 2.12. The van der Waals surface area contributed by atoms with E-state index in [1.54, 1.807) is 6.20 Å². The van der Waals surface area contributed by atoms with Crippen molar-refractivity contribution >= 4 is 29.1 Å². The number of ketones is 1. The van der Waals surface area contributed by atoms with E-state index in [-0.39, 0.29) is 5.78 Å². The molecule has 1 aromatic heterocycles. The lowest BCUT2D eigenvalue weighted by Crippen LogP contribution is -2.11. The number of carbonyl (C=O) groups is 1. The number of aryl methyl sites for hydroxylation is 1. The van der Waals surface area contributed by atoms with Gasteiger partial charge in [0.25, 0.3) is 0 Å². The fraction of sp³-hybridized carbons (Fsp3) is 0.231.